The van der Waals surface area contributed by atoms with Crippen LogP contribution in [0, 0.1) is 0 Å². The number of aromatic nitrogens is 4. The number of aliphatic imine (C=N–C) groups is 1. The van der Waals surface area contributed by atoms with Crippen LogP contribution >= 0.6 is 27.7 Å². The Bertz CT molecular complexity index is 2140. The van der Waals surface area contributed by atoms with Gasteiger partial charge in [-0.25, -0.2) is 14.4 Å². The van der Waals surface area contributed by atoms with E-state index in [4.69, 9.17) is 33.9 Å². The number of rotatable bonds is 19. The first-order valence-corrected chi connectivity index (χ1v) is 21.7. The highest BCUT2D eigenvalue weighted by molar-refractivity contribution is 9.10. The van der Waals surface area contributed by atoms with Crippen molar-refractivity contribution in [3.8, 4) is 5.88 Å². The number of ether oxygens (including phenoxy) is 5. The average Bonchev–Trinajstić information content (AvgIpc) is 3.93. The van der Waals surface area contributed by atoms with Crippen molar-refractivity contribution in [1.82, 2.24) is 28.9 Å². The molecular formula is C40H52BrN9O13S. The number of carboxylic acid groups (broad SMARTS) is 2. The lowest BCUT2D eigenvalue weighted by Crippen LogP contribution is -2.45. The number of anilines is 2. The van der Waals surface area contributed by atoms with Crippen molar-refractivity contribution >= 4 is 91.9 Å². The van der Waals surface area contributed by atoms with Crippen LogP contribution in [0.1, 0.15) is 60.3 Å². The zero-order valence-corrected chi connectivity index (χ0v) is 38.4. The molecule has 22 nitrogen and oxygen atoms in total. The van der Waals surface area contributed by atoms with Gasteiger partial charge < -0.3 is 49.4 Å². The predicted molar refractivity (Wildman–Crippen MR) is 235 cm³/mol. The summed E-state index contributed by atoms with van der Waals surface area (Å²) in [5.41, 5.74) is 1.73. The summed E-state index contributed by atoms with van der Waals surface area (Å²) in [6.45, 7) is 12.8. The van der Waals surface area contributed by atoms with Crippen LogP contribution in [-0.4, -0.2) is 152 Å². The van der Waals surface area contributed by atoms with Crippen LogP contribution in [0.2, 0.25) is 0 Å². The maximum atomic E-state index is 13.3. The van der Waals surface area contributed by atoms with E-state index in [-0.39, 0.29) is 30.9 Å². The number of hydrogen-bond acceptors (Lipinski definition) is 20. The van der Waals surface area contributed by atoms with E-state index in [0.717, 1.165) is 11.7 Å². The number of morpholine rings is 1. The van der Waals surface area contributed by atoms with Gasteiger partial charge in [0.1, 0.15) is 11.6 Å². The largest absolute Gasteiger partial charge is 0.478 e. The number of benzene rings is 1. The number of amides is 1. The highest BCUT2D eigenvalue weighted by Gasteiger charge is 2.32. The van der Waals surface area contributed by atoms with Crippen LogP contribution < -0.4 is 20.3 Å². The summed E-state index contributed by atoms with van der Waals surface area (Å²) in [5.74, 6) is -3.86. The fraction of sp³-hybridized carbons (Fsp3) is 0.525. The SMILES string of the molecule is CC(OC(=O)CCC(=O)O[C@H](CCCOc1nsnc1N1CCOCC1)CNC(C)(C)C)C(=O)OC(C)C(=O)N1CCN=C1Nc1ccc2nccnc2c1Br.O=C(O)/C=C\C(=O)O. The van der Waals surface area contributed by atoms with Gasteiger partial charge in [-0.2, -0.15) is 4.37 Å². The van der Waals surface area contributed by atoms with Gasteiger partial charge in [0, 0.05) is 56.3 Å². The van der Waals surface area contributed by atoms with E-state index in [1.165, 1.54) is 18.7 Å². The molecule has 5 rings (SSSR count). The summed E-state index contributed by atoms with van der Waals surface area (Å²) in [7, 11) is 0. The van der Waals surface area contributed by atoms with E-state index in [1.807, 2.05) is 20.8 Å². The first-order chi connectivity index (χ1) is 30.4. The van der Waals surface area contributed by atoms with Crippen LogP contribution in [0.3, 0.4) is 0 Å². The molecule has 1 fully saturated rings. The van der Waals surface area contributed by atoms with Crippen LogP contribution in [-0.2, 0) is 47.7 Å². The number of esters is 3. The Hall–Kier alpha value is -5.85. The quantitative estimate of drug-likeness (QED) is 0.0581. The number of hydrogen-bond donors (Lipinski definition) is 4. The third kappa shape index (κ3) is 16.7. The lowest BCUT2D eigenvalue weighted by atomic mass is 10.1. The van der Waals surface area contributed by atoms with Crippen molar-refractivity contribution in [3.63, 3.8) is 0 Å². The Morgan fingerprint density at radius 3 is 2.27 bits per heavy atom. The molecule has 1 saturated heterocycles. The molecule has 2 aliphatic heterocycles. The van der Waals surface area contributed by atoms with E-state index >= 15 is 0 Å². The molecule has 24 heteroatoms. The first kappa shape index (κ1) is 50.8. The monoisotopic (exact) mass is 977 g/mol. The van der Waals surface area contributed by atoms with E-state index < -0.39 is 54.1 Å². The standard InChI is InChI=1S/C36H48BrN9O9S.C4H4O4/c1-22(33(49)46-15-14-40-35(46)42-25-8-9-26-30(29(25)37)39-13-12-38-26)54-34(50)23(2)53-27(47)10-11-28(48)55-24(21-41-36(3,4)5)7-6-18-52-32-31(43-56-44-32)45-16-19-51-20-17-45;5-3(6)1-2-4(7)8/h8-9,12-13,22-24,41H,6-7,10-11,14-21H2,1-5H3,(H,40,42);1-2H,(H,5,6)(H,7,8)/b;2-1-/t22?,23?,24-;/m1./s1. The Labute approximate surface area is 381 Å². The molecule has 0 bridgehead atoms. The first-order valence-electron chi connectivity index (χ1n) is 20.2. The van der Waals surface area contributed by atoms with Crippen molar-refractivity contribution in [3.05, 3.63) is 41.2 Å². The van der Waals surface area contributed by atoms with Gasteiger partial charge in [0.25, 0.3) is 11.8 Å². The van der Waals surface area contributed by atoms with Crippen molar-refractivity contribution < 1.29 is 62.7 Å². The number of halogens is 1. The molecule has 348 valence electrons. The molecule has 3 aromatic rings. The number of nitrogens with one attached hydrogen (secondary N) is 2. The molecule has 3 atom stereocenters. The zero-order chi connectivity index (χ0) is 46.8. The van der Waals surface area contributed by atoms with Crippen LogP contribution in [0.5, 0.6) is 5.88 Å². The summed E-state index contributed by atoms with van der Waals surface area (Å²) < 4.78 is 37.0. The Morgan fingerprint density at radius 2 is 1.59 bits per heavy atom. The molecule has 1 aromatic carbocycles. The highest BCUT2D eigenvalue weighted by Crippen LogP contribution is 2.30. The van der Waals surface area contributed by atoms with Gasteiger partial charge in [-0.3, -0.25) is 34.2 Å². The molecule has 0 aliphatic carbocycles. The van der Waals surface area contributed by atoms with Crippen molar-refractivity contribution in [1.29, 1.82) is 0 Å². The molecule has 2 aliphatic rings. The second-order valence-corrected chi connectivity index (χ2v) is 16.4. The summed E-state index contributed by atoms with van der Waals surface area (Å²) in [6.07, 6.45) is 1.78. The number of carboxylic acids is 2. The maximum Gasteiger partial charge on any atom is 0.347 e. The third-order valence-corrected chi connectivity index (χ3v) is 10.2. The Kier molecular flexibility index (Phi) is 19.7. The highest BCUT2D eigenvalue weighted by atomic mass is 79.9. The Balaban J connectivity index is 0.00000102. The molecular weight excluding hydrogens is 926 g/mol. The summed E-state index contributed by atoms with van der Waals surface area (Å²) >= 11 is 4.63. The van der Waals surface area contributed by atoms with E-state index in [0.29, 0.717) is 104 Å². The molecule has 64 heavy (non-hydrogen) atoms. The van der Waals surface area contributed by atoms with Crippen molar-refractivity contribution in [2.45, 2.75) is 84.2 Å². The number of carbonyl (C=O) groups is 6. The summed E-state index contributed by atoms with van der Waals surface area (Å²) in [4.78, 5) is 87.2. The minimum atomic E-state index is -1.33. The second-order valence-electron chi connectivity index (χ2n) is 15.1. The molecule has 0 spiro atoms. The van der Waals surface area contributed by atoms with Gasteiger partial charge >= 0.3 is 29.8 Å². The van der Waals surface area contributed by atoms with Gasteiger partial charge in [0.05, 0.1) is 66.6 Å². The molecule has 4 heterocycles. The average molecular weight is 979 g/mol. The topological polar surface area (TPSA) is 283 Å². The molecule has 4 N–H and O–H groups in total. The number of guanidine groups is 1. The fourth-order valence-electron chi connectivity index (χ4n) is 5.76. The van der Waals surface area contributed by atoms with Gasteiger partial charge in [0.2, 0.25) is 11.8 Å². The minimum absolute atomic E-state index is 0.219. The van der Waals surface area contributed by atoms with Crippen LogP contribution in [0.25, 0.3) is 11.0 Å². The number of fused-ring (bicyclic) bond motifs is 1. The van der Waals surface area contributed by atoms with Crippen LogP contribution in [0.4, 0.5) is 11.5 Å². The van der Waals surface area contributed by atoms with E-state index in [1.54, 1.807) is 24.5 Å². The zero-order valence-electron chi connectivity index (χ0n) is 36.0. The summed E-state index contributed by atoms with van der Waals surface area (Å²) in [6, 6.07) is 3.58. The normalized spacial score (nSPS) is 15.3. The number of aliphatic carboxylic acids is 2. The van der Waals surface area contributed by atoms with Gasteiger partial charge in [-0.15, -0.1) is 4.37 Å². The van der Waals surface area contributed by atoms with Gasteiger partial charge in [-0.05, 0) is 75.5 Å². The molecule has 2 unspecified atom stereocenters. The maximum absolute atomic E-state index is 13.3. The smallest absolute Gasteiger partial charge is 0.347 e. The number of nitrogens with zero attached hydrogens (tertiary/aromatic N) is 7. The molecule has 2 aromatic heterocycles. The predicted octanol–water partition coefficient (Wildman–Crippen LogP) is 3.21. The minimum Gasteiger partial charge on any atom is -0.478 e. The fourth-order valence-corrected chi connectivity index (χ4v) is 6.82. The lowest BCUT2D eigenvalue weighted by Gasteiger charge is -2.27. The van der Waals surface area contributed by atoms with Crippen molar-refractivity contribution in [2.75, 3.05) is 62.8 Å². The van der Waals surface area contributed by atoms with Crippen LogP contribution in [0.15, 0.2) is 46.1 Å². The molecule has 0 radical (unpaired) electrons. The third-order valence-electron chi connectivity index (χ3n) is 8.94. The molecule has 0 saturated carbocycles. The number of carbonyl (C=O) groups excluding carboxylic acids is 4. The lowest BCUT2D eigenvalue weighted by molar-refractivity contribution is -0.173. The second kappa shape index (κ2) is 24.9. The van der Waals surface area contributed by atoms with Gasteiger partial charge in [0.15, 0.2) is 12.2 Å². The van der Waals surface area contributed by atoms with Gasteiger partial charge in [-0.1, -0.05) is 0 Å². The molecule has 1 amide bonds. The Morgan fingerprint density at radius 1 is 0.922 bits per heavy atom. The summed E-state index contributed by atoms with van der Waals surface area (Å²) in [5, 5.41) is 22.1. The van der Waals surface area contributed by atoms with E-state index in [9.17, 15) is 28.8 Å². The van der Waals surface area contributed by atoms with E-state index in [2.05, 4.69) is 55.2 Å². The van der Waals surface area contributed by atoms with Crippen molar-refractivity contribution in [2.24, 2.45) is 4.99 Å².